The van der Waals surface area contributed by atoms with Crippen LogP contribution in [0.3, 0.4) is 0 Å². The molecule has 0 fully saturated rings. The SMILES string of the molecule is CCOc1cccc(C(C)NC(=O)c2ccc(F)cc2I)c1. The highest BCUT2D eigenvalue weighted by molar-refractivity contribution is 14.1. The maximum atomic E-state index is 13.1. The molecule has 2 aromatic carbocycles. The molecule has 0 aliphatic heterocycles. The molecule has 0 aliphatic rings. The number of carbonyl (C=O) groups excluding carboxylic acids is 1. The number of benzene rings is 2. The average molecular weight is 413 g/mol. The van der Waals surface area contributed by atoms with Gasteiger partial charge in [-0.25, -0.2) is 4.39 Å². The molecule has 0 radical (unpaired) electrons. The number of nitrogens with one attached hydrogen (secondary N) is 1. The molecule has 22 heavy (non-hydrogen) atoms. The van der Waals surface area contributed by atoms with Gasteiger partial charge in [-0.05, 0) is 72.3 Å². The minimum absolute atomic E-state index is 0.172. The van der Waals surface area contributed by atoms with Crippen molar-refractivity contribution >= 4 is 28.5 Å². The van der Waals surface area contributed by atoms with Crippen LogP contribution in [0, 0.1) is 9.39 Å². The van der Waals surface area contributed by atoms with Crippen LogP contribution < -0.4 is 10.1 Å². The fourth-order valence-electron chi connectivity index (χ4n) is 2.07. The Morgan fingerprint density at radius 1 is 1.32 bits per heavy atom. The maximum Gasteiger partial charge on any atom is 0.252 e. The molecule has 3 nitrogen and oxygen atoms in total. The molecule has 0 saturated carbocycles. The first-order valence-corrected chi connectivity index (χ1v) is 8.07. The van der Waals surface area contributed by atoms with Gasteiger partial charge in [0, 0.05) is 3.57 Å². The number of carbonyl (C=O) groups is 1. The second-order valence-corrected chi connectivity index (χ2v) is 5.99. The highest BCUT2D eigenvalue weighted by Crippen LogP contribution is 2.20. The summed E-state index contributed by atoms with van der Waals surface area (Å²) in [5.41, 5.74) is 1.42. The molecule has 0 saturated heterocycles. The van der Waals surface area contributed by atoms with Crippen LogP contribution in [0.15, 0.2) is 42.5 Å². The van der Waals surface area contributed by atoms with Crippen molar-refractivity contribution in [2.24, 2.45) is 0 Å². The molecule has 1 atom stereocenters. The Kier molecular flexibility index (Phi) is 5.76. The van der Waals surface area contributed by atoms with Crippen LogP contribution in [0.4, 0.5) is 4.39 Å². The minimum Gasteiger partial charge on any atom is -0.494 e. The minimum atomic E-state index is -0.349. The molecule has 5 heteroatoms. The highest BCUT2D eigenvalue weighted by Gasteiger charge is 2.14. The number of hydrogen-bond donors (Lipinski definition) is 1. The standard InChI is InChI=1S/C17H17FINO2/c1-3-22-14-6-4-5-12(9-14)11(2)20-17(21)15-8-7-13(18)10-16(15)19/h4-11H,3H2,1-2H3,(H,20,21). The molecule has 0 heterocycles. The van der Waals surface area contributed by atoms with Gasteiger partial charge in [0.15, 0.2) is 0 Å². The molecule has 2 rings (SSSR count). The molecule has 2 aromatic rings. The molecule has 1 amide bonds. The molecule has 1 N–H and O–H groups in total. The topological polar surface area (TPSA) is 38.3 Å². The molecule has 0 aliphatic carbocycles. The molecule has 0 bridgehead atoms. The van der Waals surface area contributed by atoms with Gasteiger partial charge in [0.25, 0.3) is 5.91 Å². The van der Waals surface area contributed by atoms with Gasteiger partial charge in [0.05, 0.1) is 18.2 Å². The third kappa shape index (κ3) is 4.19. The third-order valence-electron chi connectivity index (χ3n) is 3.19. The Morgan fingerprint density at radius 3 is 2.77 bits per heavy atom. The van der Waals surface area contributed by atoms with E-state index in [-0.39, 0.29) is 17.8 Å². The summed E-state index contributed by atoms with van der Waals surface area (Å²) < 4.78 is 19.2. The number of rotatable bonds is 5. The van der Waals surface area contributed by atoms with Gasteiger partial charge < -0.3 is 10.1 Å². The quantitative estimate of drug-likeness (QED) is 0.742. The number of halogens is 2. The molecular formula is C17H17FINO2. The summed E-state index contributed by atoms with van der Waals surface area (Å²) in [6, 6.07) is 11.6. The lowest BCUT2D eigenvalue weighted by Gasteiger charge is -2.16. The lowest BCUT2D eigenvalue weighted by atomic mass is 10.1. The predicted molar refractivity (Wildman–Crippen MR) is 92.6 cm³/mol. The van der Waals surface area contributed by atoms with Gasteiger partial charge in [-0.3, -0.25) is 4.79 Å². The summed E-state index contributed by atoms with van der Waals surface area (Å²) in [7, 11) is 0. The van der Waals surface area contributed by atoms with E-state index >= 15 is 0 Å². The summed E-state index contributed by atoms with van der Waals surface area (Å²) in [5, 5.41) is 2.92. The van der Waals surface area contributed by atoms with Crippen LogP contribution in [-0.4, -0.2) is 12.5 Å². The summed E-state index contributed by atoms with van der Waals surface area (Å²) in [6.07, 6.45) is 0. The zero-order valence-corrected chi connectivity index (χ0v) is 14.6. The van der Waals surface area contributed by atoms with Gasteiger partial charge >= 0.3 is 0 Å². The van der Waals surface area contributed by atoms with Crippen LogP contribution in [0.1, 0.15) is 35.8 Å². The number of amides is 1. The summed E-state index contributed by atoms with van der Waals surface area (Å²) in [6.45, 7) is 4.42. The lowest BCUT2D eigenvalue weighted by molar-refractivity contribution is 0.0939. The van der Waals surface area contributed by atoms with E-state index in [2.05, 4.69) is 5.32 Å². The normalized spacial score (nSPS) is 11.8. The van der Waals surface area contributed by atoms with Gasteiger partial charge in [0.1, 0.15) is 11.6 Å². The van der Waals surface area contributed by atoms with Crippen LogP contribution in [0.5, 0.6) is 5.75 Å². The van der Waals surface area contributed by atoms with Crippen molar-refractivity contribution in [3.8, 4) is 5.75 Å². The second-order valence-electron chi connectivity index (χ2n) is 4.82. The Hall–Kier alpha value is -1.63. The van der Waals surface area contributed by atoms with Crippen molar-refractivity contribution in [2.45, 2.75) is 19.9 Å². The first-order valence-electron chi connectivity index (χ1n) is 7.00. The van der Waals surface area contributed by atoms with Crippen LogP contribution in [-0.2, 0) is 0 Å². The zero-order chi connectivity index (χ0) is 16.1. The Labute approximate surface area is 143 Å². The average Bonchev–Trinajstić information content (AvgIpc) is 2.47. The van der Waals surface area contributed by atoms with E-state index in [9.17, 15) is 9.18 Å². The van der Waals surface area contributed by atoms with E-state index in [0.29, 0.717) is 15.7 Å². The second kappa shape index (κ2) is 7.58. The largest absolute Gasteiger partial charge is 0.494 e. The van der Waals surface area contributed by atoms with Gasteiger partial charge in [-0.1, -0.05) is 12.1 Å². The monoisotopic (exact) mass is 413 g/mol. The van der Waals surface area contributed by atoms with Gasteiger partial charge in [-0.15, -0.1) is 0 Å². The maximum absolute atomic E-state index is 13.1. The highest BCUT2D eigenvalue weighted by atomic mass is 127. The van der Waals surface area contributed by atoms with Crippen molar-refractivity contribution in [3.05, 3.63) is 63.0 Å². The molecule has 0 spiro atoms. The van der Waals surface area contributed by atoms with Crippen molar-refractivity contribution in [3.63, 3.8) is 0 Å². The summed E-state index contributed by atoms with van der Waals surface area (Å²) in [5.74, 6) is 0.203. The first kappa shape index (κ1) is 16.7. The summed E-state index contributed by atoms with van der Waals surface area (Å²) in [4.78, 5) is 12.3. The lowest BCUT2D eigenvalue weighted by Crippen LogP contribution is -2.27. The van der Waals surface area contributed by atoms with Crippen molar-refractivity contribution in [1.82, 2.24) is 5.32 Å². The molecule has 0 aromatic heterocycles. The zero-order valence-electron chi connectivity index (χ0n) is 12.4. The van der Waals surface area contributed by atoms with Gasteiger partial charge in [-0.2, -0.15) is 0 Å². The van der Waals surface area contributed by atoms with Crippen molar-refractivity contribution in [2.75, 3.05) is 6.61 Å². The van der Waals surface area contributed by atoms with Crippen LogP contribution in [0.25, 0.3) is 0 Å². The van der Waals surface area contributed by atoms with Gasteiger partial charge in [0.2, 0.25) is 0 Å². The predicted octanol–water partition coefficient (Wildman–Crippen LogP) is 4.32. The van der Waals surface area contributed by atoms with Crippen molar-refractivity contribution < 1.29 is 13.9 Å². The van der Waals surface area contributed by atoms with E-state index < -0.39 is 0 Å². The van der Waals surface area contributed by atoms with E-state index in [0.717, 1.165) is 11.3 Å². The smallest absolute Gasteiger partial charge is 0.252 e. The summed E-state index contributed by atoms with van der Waals surface area (Å²) >= 11 is 1.96. The number of ether oxygens (including phenoxy) is 1. The van der Waals surface area contributed by atoms with E-state index in [1.165, 1.54) is 18.2 Å². The van der Waals surface area contributed by atoms with Crippen LogP contribution in [0.2, 0.25) is 0 Å². The molecular weight excluding hydrogens is 396 g/mol. The third-order valence-corrected chi connectivity index (χ3v) is 4.08. The fourth-order valence-corrected chi connectivity index (χ4v) is 2.79. The molecule has 116 valence electrons. The molecule has 1 unspecified atom stereocenters. The fraction of sp³-hybridized carbons (Fsp3) is 0.235. The van der Waals surface area contributed by atoms with Crippen molar-refractivity contribution in [1.29, 1.82) is 0 Å². The Morgan fingerprint density at radius 2 is 2.09 bits per heavy atom. The van der Waals surface area contributed by atoms with E-state index in [1.807, 2.05) is 60.7 Å². The number of hydrogen-bond acceptors (Lipinski definition) is 2. The van der Waals surface area contributed by atoms with E-state index in [1.54, 1.807) is 0 Å². The van der Waals surface area contributed by atoms with E-state index in [4.69, 9.17) is 4.74 Å². The Balaban J connectivity index is 2.12. The Bertz CT molecular complexity index is 675. The van der Waals surface area contributed by atoms with Crippen LogP contribution >= 0.6 is 22.6 Å². The first-order chi connectivity index (χ1) is 10.5.